The maximum Gasteiger partial charge on any atom is 0.239 e. The van der Waals surface area contributed by atoms with Crippen molar-refractivity contribution in [3.05, 3.63) is 24.0 Å². The summed E-state index contributed by atoms with van der Waals surface area (Å²) in [4.78, 5) is 3.92. The summed E-state index contributed by atoms with van der Waals surface area (Å²) >= 11 is 0. The van der Waals surface area contributed by atoms with Crippen LogP contribution in [0.2, 0.25) is 0 Å². The summed E-state index contributed by atoms with van der Waals surface area (Å²) in [7, 11) is -3.69. The Morgan fingerprint density at radius 3 is 2.33 bits per heavy atom. The lowest BCUT2D eigenvalue weighted by molar-refractivity contribution is 0.167. The number of nitrogens with two attached hydrogens (primary N) is 1. The fourth-order valence-corrected chi connectivity index (χ4v) is 1.53. The molecule has 6 heteroatoms. The highest BCUT2D eigenvalue weighted by Crippen LogP contribution is 2.17. The molecule has 0 aliphatic carbocycles. The Morgan fingerprint density at radius 1 is 1.40 bits per heavy atom. The van der Waals surface area contributed by atoms with E-state index in [0.29, 0.717) is 5.69 Å². The topological polar surface area (TPSA) is 93.3 Å². The summed E-state index contributed by atoms with van der Waals surface area (Å²) in [5, 5.41) is 14.2. The Labute approximate surface area is 89.0 Å². The number of primary sulfonamides is 1. The van der Waals surface area contributed by atoms with E-state index in [1.54, 1.807) is 13.0 Å². The van der Waals surface area contributed by atoms with Crippen LogP contribution in [-0.4, -0.2) is 24.6 Å². The van der Waals surface area contributed by atoms with Crippen LogP contribution in [0.15, 0.2) is 23.2 Å². The molecule has 3 N–H and O–H groups in total. The first-order valence-corrected chi connectivity index (χ1v) is 6.04. The molecule has 0 amide bonds. The van der Waals surface area contributed by atoms with E-state index >= 15 is 0 Å². The van der Waals surface area contributed by atoms with Crippen molar-refractivity contribution in [2.75, 3.05) is 0 Å². The molecular weight excluding hydrogens is 216 g/mol. The van der Waals surface area contributed by atoms with Gasteiger partial charge in [-0.15, -0.1) is 0 Å². The first-order chi connectivity index (χ1) is 6.82. The average molecular weight is 230 g/mol. The molecule has 0 aliphatic rings. The molecule has 0 bridgehead atoms. The van der Waals surface area contributed by atoms with E-state index in [1.165, 1.54) is 12.3 Å². The van der Waals surface area contributed by atoms with Crippen LogP contribution in [-0.2, 0) is 10.0 Å². The lowest BCUT2D eigenvalue weighted by atomic mass is 10.0. The molecule has 84 valence electrons. The maximum absolute atomic E-state index is 10.9. The third-order valence-corrected chi connectivity index (χ3v) is 3.18. The van der Waals surface area contributed by atoms with Gasteiger partial charge in [0.2, 0.25) is 10.0 Å². The number of aliphatic hydroxyl groups excluding tert-OH is 1. The minimum atomic E-state index is -3.69. The zero-order valence-electron chi connectivity index (χ0n) is 8.58. The normalized spacial score (nSPS) is 16.0. The van der Waals surface area contributed by atoms with Gasteiger partial charge in [0, 0.05) is 17.8 Å². The minimum absolute atomic E-state index is 0.0240. The van der Waals surface area contributed by atoms with Gasteiger partial charge in [-0.05, 0) is 19.1 Å². The molecule has 0 fully saturated rings. The molecule has 0 saturated carbocycles. The zero-order chi connectivity index (χ0) is 11.6. The molecule has 0 aliphatic heterocycles. The molecule has 2 unspecified atom stereocenters. The van der Waals surface area contributed by atoms with Gasteiger partial charge in [-0.25, -0.2) is 13.6 Å². The third-order valence-electron chi connectivity index (χ3n) is 2.28. The van der Waals surface area contributed by atoms with Crippen LogP contribution >= 0.6 is 0 Å². The first-order valence-electron chi connectivity index (χ1n) is 4.49. The molecule has 15 heavy (non-hydrogen) atoms. The summed E-state index contributed by atoms with van der Waals surface area (Å²) in [5.41, 5.74) is 0.636. The van der Waals surface area contributed by atoms with E-state index in [0.717, 1.165) is 0 Å². The molecule has 1 aromatic heterocycles. The molecule has 1 aromatic rings. The molecular formula is C9H14N2O3S. The average Bonchev–Trinajstić information content (AvgIpc) is 2.15. The van der Waals surface area contributed by atoms with Crippen molar-refractivity contribution >= 4 is 10.0 Å². The van der Waals surface area contributed by atoms with Crippen LogP contribution in [0, 0.1) is 0 Å². The number of hydrogen-bond donors (Lipinski definition) is 2. The van der Waals surface area contributed by atoms with Crippen molar-refractivity contribution in [2.45, 2.75) is 30.8 Å². The molecule has 1 rings (SSSR count). The highest BCUT2D eigenvalue weighted by molar-refractivity contribution is 7.89. The lowest BCUT2D eigenvalue weighted by Gasteiger charge is -2.13. The Balaban J connectivity index is 3.01. The molecule has 1 heterocycles. The van der Waals surface area contributed by atoms with E-state index < -0.39 is 16.1 Å². The molecule has 0 spiro atoms. The Kier molecular flexibility index (Phi) is 3.43. The molecule has 0 aromatic carbocycles. The smallest absolute Gasteiger partial charge is 0.239 e. The van der Waals surface area contributed by atoms with Gasteiger partial charge in [0.25, 0.3) is 0 Å². The van der Waals surface area contributed by atoms with Crippen molar-refractivity contribution in [2.24, 2.45) is 5.14 Å². The summed E-state index contributed by atoms with van der Waals surface area (Å²) in [6.45, 7) is 3.46. The number of sulfonamides is 1. The van der Waals surface area contributed by atoms with Gasteiger partial charge in [-0.2, -0.15) is 0 Å². The highest BCUT2D eigenvalue weighted by atomic mass is 32.2. The largest absolute Gasteiger partial charge is 0.393 e. The van der Waals surface area contributed by atoms with E-state index in [1.807, 2.05) is 6.92 Å². The summed E-state index contributed by atoms with van der Waals surface area (Å²) < 4.78 is 21.9. The van der Waals surface area contributed by atoms with Crippen LogP contribution in [0.25, 0.3) is 0 Å². The number of hydrogen-bond acceptors (Lipinski definition) is 4. The van der Waals surface area contributed by atoms with Crippen molar-refractivity contribution in [3.8, 4) is 0 Å². The molecule has 5 nitrogen and oxygen atoms in total. The van der Waals surface area contributed by atoms with Gasteiger partial charge >= 0.3 is 0 Å². The van der Waals surface area contributed by atoms with E-state index in [2.05, 4.69) is 4.98 Å². The molecule has 0 saturated heterocycles. The molecule has 2 atom stereocenters. The number of aliphatic hydroxyl groups is 1. The van der Waals surface area contributed by atoms with Gasteiger partial charge in [-0.1, -0.05) is 6.92 Å². The van der Waals surface area contributed by atoms with Crippen LogP contribution < -0.4 is 5.14 Å². The second-order valence-electron chi connectivity index (χ2n) is 3.49. The van der Waals surface area contributed by atoms with Gasteiger partial charge < -0.3 is 5.11 Å². The summed E-state index contributed by atoms with van der Waals surface area (Å²) in [5.74, 6) is -0.139. The van der Waals surface area contributed by atoms with E-state index in [4.69, 9.17) is 5.14 Å². The van der Waals surface area contributed by atoms with Crippen LogP contribution in [0.3, 0.4) is 0 Å². The fraction of sp³-hybridized carbons (Fsp3) is 0.444. The van der Waals surface area contributed by atoms with E-state index in [9.17, 15) is 13.5 Å². The number of rotatable bonds is 3. The van der Waals surface area contributed by atoms with Crippen LogP contribution in [0.4, 0.5) is 0 Å². The monoisotopic (exact) mass is 230 g/mol. The quantitative estimate of drug-likeness (QED) is 0.776. The van der Waals surface area contributed by atoms with Crippen LogP contribution in [0.1, 0.15) is 25.5 Å². The van der Waals surface area contributed by atoms with Gasteiger partial charge in [-0.3, -0.25) is 4.98 Å². The second-order valence-corrected chi connectivity index (χ2v) is 5.05. The number of aromatic nitrogens is 1. The number of nitrogens with zero attached hydrogens (tertiary/aromatic N) is 1. The van der Waals surface area contributed by atoms with Gasteiger partial charge in [0.05, 0.1) is 6.10 Å². The maximum atomic E-state index is 10.9. The fourth-order valence-electron chi connectivity index (χ4n) is 1.08. The molecule has 0 radical (unpaired) electrons. The van der Waals surface area contributed by atoms with Crippen molar-refractivity contribution in [3.63, 3.8) is 0 Å². The van der Waals surface area contributed by atoms with Crippen LogP contribution in [0.5, 0.6) is 0 Å². The van der Waals surface area contributed by atoms with Gasteiger partial charge in [0.1, 0.15) is 4.90 Å². The van der Waals surface area contributed by atoms with Crippen molar-refractivity contribution in [1.29, 1.82) is 0 Å². The Morgan fingerprint density at radius 2 is 2.00 bits per heavy atom. The highest BCUT2D eigenvalue weighted by Gasteiger charge is 2.14. The standard InChI is InChI=1S/C9H14N2O3S/c1-6(7(2)12)9-4-3-8(5-11-9)15(10,13)14/h3-7,12H,1-2H3,(H2,10,13,14). The third kappa shape index (κ3) is 2.98. The van der Waals surface area contributed by atoms with Gasteiger partial charge in [0.15, 0.2) is 0 Å². The Bertz CT molecular complexity index is 425. The Hall–Kier alpha value is -0.980. The minimum Gasteiger partial charge on any atom is -0.393 e. The lowest BCUT2D eigenvalue weighted by Crippen LogP contribution is -2.15. The number of pyridine rings is 1. The SMILES string of the molecule is CC(O)C(C)c1ccc(S(N)(=O)=O)cn1. The predicted octanol–water partition coefficient (Wildman–Crippen LogP) is 0.213. The second kappa shape index (κ2) is 4.26. The van der Waals surface area contributed by atoms with E-state index in [-0.39, 0.29) is 10.8 Å². The zero-order valence-corrected chi connectivity index (χ0v) is 9.40. The first kappa shape index (κ1) is 12.1. The summed E-state index contributed by atoms with van der Waals surface area (Å²) in [6, 6.07) is 2.94. The van der Waals surface area contributed by atoms with Crippen molar-refractivity contribution < 1.29 is 13.5 Å². The van der Waals surface area contributed by atoms with Crippen molar-refractivity contribution in [1.82, 2.24) is 4.98 Å². The predicted molar refractivity (Wildman–Crippen MR) is 55.7 cm³/mol. The summed E-state index contributed by atoms with van der Waals surface area (Å²) in [6.07, 6.45) is 0.668.